The summed E-state index contributed by atoms with van der Waals surface area (Å²) in [5.41, 5.74) is 1.20. The molecule has 0 saturated heterocycles. The van der Waals surface area contributed by atoms with Gasteiger partial charge in [0.2, 0.25) is 0 Å². The molecule has 0 radical (unpaired) electrons. The summed E-state index contributed by atoms with van der Waals surface area (Å²) in [5, 5.41) is 0.699. The smallest absolute Gasteiger partial charge is 0.272 e. The van der Waals surface area contributed by atoms with E-state index < -0.39 is 0 Å². The number of hydrogen-bond acceptors (Lipinski definition) is 3. The van der Waals surface area contributed by atoms with Gasteiger partial charge in [0.25, 0.3) is 5.91 Å². The number of nitrogens with zero attached hydrogens (tertiary/aromatic N) is 3. The lowest BCUT2D eigenvalue weighted by Gasteiger charge is -2.16. The van der Waals surface area contributed by atoms with Gasteiger partial charge in [-0.2, -0.15) is 0 Å². The fraction of sp³-hybridized carbons (Fsp3) is 0.286. The molecule has 1 aromatic heterocycles. The Kier molecular flexibility index (Phi) is 4.44. The number of thioether (sulfide) groups is 1. The standard InChI is InChI=1S/C14H16FN3OS/c1-4-17(2)13(19)12-9-16-14(20-3)18(12)11-7-5-10(15)6-8-11/h5-9H,4H2,1-3H3. The fourth-order valence-electron chi connectivity index (χ4n) is 1.81. The van der Waals surface area contributed by atoms with E-state index in [4.69, 9.17) is 0 Å². The first-order chi connectivity index (χ1) is 9.58. The third kappa shape index (κ3) is 2.70. The van der Waals surface area contributed by atoms with Crippen LogP contribution in [0.5, 0.6) is 0 Å². The number of imidazole rings is 1. The molecule has 106 valence electrons. The summed E-state index contributed by atoms with van der Waals surface area (Å²) in [6, 6.07) is 6.02. The molecule has 1 amide bonds. The van der Waals surface area contributed by atoms with Crippen molar-refractivity contribution in [3.05, 3.63) is 42.0 Å². The number of carbonyl (C=O) groups is 1. The molecular formula is C14H16FN3OS. The first-order valence-corrected chi connectivity index (χ1v) is 7.44. The number of hydrogen-bond donors (Lipinski definition) is 0. The van der Waals surface area contributed by atoms with Gasteiger partial charge in [-0.25, -0.2) is 9.37 Å². The largest absolute Gasteiger partial charge is 0.341 e. The molecule has 0 aliphatic carbocycles. The predicted molar refractivity (Wildman–Crippen MR) is 77.9 cm³/mol. The lowest BCUT2D eigenvalue weighted by molar-refractivity contribution is 0.0794. The van der Waals surface area contributed by atoms with E-state index >= 15 is 0 Å². The van der Waals surface area contributed by atoms with E-state index in [2.05, 4.69) is 4.98 Å². The molecule has 0 aliphatic rings. The molecule has 1 aromatic carbocycles. The number of amides is 1. The summed E-state index contributed by atoms with van der Waals surface area (Å²) < 4.78 is 14.8. The van der Waals surface area contributed by atoms with Gasteiger partial charge in [-0.05, 0) is 37.4 Å². The third-order valence-corrected chi connectivity index (χ3v) is 3.69. The molecule has 0 aliphatic heterocycles. The summed E-state index contributed by atoms with van der Waals surface area (Å²) in [6.45, 7) is 2.52. The Morgan fingerprint density at radius 3 is 2.60 bits per heavy atom. The van der Waals surface area contributed by atoms with Crippen LogP contribution in [0.4, 0.5) is 4.39 Å². The van der Waals surface area contributed by atoms with Crippen molar-refractivity contribution >= 4 is 17.7 Å². The topological polar surface area (TPSA) is 38.1 Å². The molecule has 6 heteroatoms. The normalized spacial score (nSPS) is 10.6. The molecule has 0 bridgehead atoms. The Morgan fingerprint density at radius 2 is 2.05 bits per heavy atom. The predicted octanol–water partition coefficient (Wildman–Crippen LogP) is 2.83. The van der Waals surface area contributed by atoms with Gasteiger partial charge in [-0.3, -0.25) is 9.36 Å². The molecule has 0 unspecified atom stereocenters. The van der Waals surface area contributed by atoms with Gasteiger partial charge < -0.3 is 4.90 Å². The summed E-state index contributed by atoms with van der Waals surface area (Å²) in [4.78, 5) is 18.2. The van der Waals surface area contributed by atoms with Crippen molar-refractivity contribution in [2.75, 3.05) is 19.8 Å². The molecular weight excluding hydrogens is 277 g/mol. The molecule has 0 spiro atoms. The molecule has 20 heavy (non-hydrogen) atoms. The van der Waals surface area contributed by atoms with Crippen LogP contribution in [0.25, 0.3) is 5.69 Å². The van der Waals surface area contributed by atoms with Crippen LogP contribution in [0.15, 0.2) is 35.6 Å². The highest BCUT2D eigenvalue weighted by atomic mass is 32.2. The average Bonchev–Trinajstić information content (AvgIpc) is 2.90. The van der Waals surface area contributed by atoms with Crippen LogP contribution in [0, 0.1) is 5.82 Å². The van der Waals surface area contributed by atoms with E-state index in [1.165, 1.54) is 23.9 Å². The lowest BCUT2D eigenvalue weighted by Crippen LogP contribution is -2.28. The van der Waals surface area contributed by atoms with Gasteiger partial charge in [-0.15, -0.1) is 0 Å². The van der Waals surface area contributed by atoms with Crippen molar-refractivity contribution < 1.29 is 9.18 Å². The Balaban J connectivity index is 2.52. The second-order valence-electron chi connectivity index (χ2n) is 4.26. The maximum atomic E-state index is 13.0. The van der Waals surface area contributed by atoms with Crippen molar-refractivity contribution in [3.63, 3.8) is 0 Å². The van der Waals surface area contributed by atoms with Crippen molar-refractivity contribution in [1.82, 2.24) is 14.5 Å². The van der Waals surface area contributed by atoms with Crippen molar-refractivity contribution in [3.8, 4) is 5.69 Å². The molecule has 0 fully saturated rings. The number of aromatic nitrogens is 2. The molecule has 2 aromatic rings. The maximum Gasteiger partial charge on any atom is 0.272 e. The van der Waals surface area contributed by atoms with Crippen LogP contribution < -0.4 is 0 Å². The van der Waals surface area contributed by atoms with E-state index in [1.54, 1.807) is 34.8 Å². The Morgan fingerprint density at radius 1 is 1.40 bits per heavy atom. The zero-order chi connectivity index (χ0) is 14.7. The molecule has 0 saturated carbocycles. The van der Waals surface area contributed by atoms with Gasteiger partial charge in [-0.1, -0.05) is 11.8 Å². The van der Waals surface area contributed by atoms with E-state index in [0.29, 0.717) is 17.4 Å². The Labute approximate surface area is 121 Å². The first kappa shape index (κ1) is 14.6. The van der Waals surface area contributed by atoms with Crippen LogP contribution in [0.3, 0.4) is 0 Å². The molecule has 4 nitrogen and oxygen atoms in total. The second kappa shape index (κ2) is 6.09. The zero-order valence-corrected chi connectivity index (χ0v) is 12.4. The highest BCUT2D eigenvalue weighted by Crippen LogP contribution is 2.22. The third-order valence-electron chi connectivity index (χ3n) is 3.04. The zero-order valence-electron chi connectivity index (χ0n) is 11.6. The highest BCUT2D eigenvalue weighted by Gasteiger charge is 2.19. The second-order valence-corrected chi connectivity index (χ2v) is 5.03. The fourth-order valence-corrected chi connectivity index (χ4v) is 2.35. The molecule has 1 heterocycles. The van der Waals surface area contributed by atoms with Gasteiger partial charge in [0, 0.05) is 19.3 Å². The average molecular weight is 293 g/mol. The Bertz CT molecular complexity index is 609. The van der Waals surface area contributed by atoms with Crippen LogP contribution in [-0.2, 0) is 0 Å². The SMILES string of the molecule is CCN(C)C(=O)c1cnc(SC)n1-c1ccc(F)cc1. The van der Waals surface area contributed by atoms with Crippen LogP contribution in [0.2, 0.25) is 0 Å². The minimum absolute atomic E-state index is 0.107. The maximum absolute atomic E-state index is 13.0. The summed E-state index contributed by atoms with van der Waals surface area (Å²) in [6.07, 6.45) is 3.45. The highest BCUT2D eigenvalue weighted by molar-refractivity contribution is 7.98. The first-order valence-electron chi connectivity index (χ1n) is 6.21. The van der Waals surface area contributed by atoms with Crippen molar-refractivity contribution in [1.29, 1.82) is 0 Å². The van der Waals surface area contributed by atoms with E-state index in [9.17, 15) is 9.18 Å². The van der Waals surface area contributed by atoms with Crippen LogP contribution >= 0.6 is 11.8 Å². The number of halogens is 1. The molecule has 0 N–H and O–H groups in total. The summed E-state index contributed by atoms with van der Waals surface area (Å²) in [5.74, 6) is -0.414. The Hall–Kier alpha value is -1.82. The van der Waals surface area contributed by atoms with Crippen molar-refractivity contribution in [2.24, 2.45) is 0 Å². The molecule has 0 atom stereocenters. The van der Waals surface area contributed by atoms with Crippen LogP contribution in [-0.4, -0.2) is 40.2 Å². The minimum Gasteiger partial charge on any atom is -0.341 e. The number of benzene rings is 1. The quantitative estimate of drug-likeness (QED) is 0.814. The monoisotopic (exact) mass is 293 g/mol. The van der Waals surface area contributed by atoms with Gasteiger partial charge in [0.15, 0.2) is 5.16 Å². The van der Waals surface area contributed by atoms with E-state index in [-0.39, 0.29) is 11.7 Å². The summed E-state index contributed by atoms with van der Waals surface area (Å²) in [7, 11) is 1.74. The lowest BCUT2D eigenvalue weighted by atomic mass is 10.3. The van der Waals surface area contributed by atoms with Crippen LogP contribution in [0.1, 0.15) is 17.4 Å². The van der Waals surface area contributed by atoms with Gasteiger partial charge >= 0.3 is 0 Å². The summed E-state index contributed by atoms with van der Waals surface area (Å²) >= 11 is 1.44. The molecule has 2 rings (SSSR count). The number of rotatable bonds is 4. The van der Waals surface area contributed by atoms with Gasteiger partial charge in [0.1, 0.15) is 11.5 Å². The van der Waals surface area contributed by atoms with E-state index in [1.807, 2.05) is 13.2 Å². The van der Waals surface area contributed by atoms with Gasteiger partial charge in [0.05, 0.1) is 6.20 Å². The van der Waals surface area contributed by atoms with Crippen molar-refractivity contribution in [2.45, 2.75) is 12.1 Å². The minimum atomic E-state index is -0.307. The number of carbonyl (C=O) groups excluding carboxylic acids is 1. The van der Waals surface area contributed by atoms with E-state index in [0.717, 1.165) is 5.69 Å².